The lowest BCUT2D eigenvalue weighted by atomic mass is 10.1. The molecule has 3 heteroatoms. The standard InChI is InChI=1S/C16H23NO2/c1-4-12(11-18-3)17-10-14-13-8-6-7-9-16(13)19-15(14)5-2/h6-9,12,17H,4-5,10-11H2,1-3H3. The van der Waals surface area contributed by atoms with Gasteiger partial charge in [-0.1, -0.05) is 32.0 Å². The van der Waals surface area contributed by atoms with Gasteiger partial charge in [-0.25, -0.2) is 0 Å². The first-order valence-electron chi connectivity index (χ1n) is 7.01. The number of para-hydroxylation sites is 1. The van der Waals surface area contributed by atoms with Crippen LogP contribution in [-0.4, -0.2) is 19.8 Å². The van der Waals surface area contributed by atoms with Crippen molar-refractivity contribution < 1.29 is 9.15 Å². The largest absolute Gasteiger partial charge is 0.461 e. The number of furan rings is 1. The fraction of sp³-hybridized carbons (Fsp3) is 0.500. The molecule has 0 aliphatic carbocycles. The molecule has 0 saturated carbocycles. The first-order chi connectivity index (χ1) is 9.30. The van der Waals surface area contributed by atoms with Crippen molar-refractivity contribution in [2.45, 2.75) is 39.3 Å². The molecule has 1 heterocycles. The summed E-state index contributed by atoms with van der Waals surface area (Å²) in [5.74, 6) is 1.08. The molecular weight excluding hydrogens is 238 g/mol. The molecule has 2 aromatic rings. The molecule has 0 fully saturated rings. The van der Waals surface area contributed by atoms with Crippen LogP contribution in [0.1, 0.15) is 31.6 Å². The maximum absolute atomic E-state index is 5.90. The van der Waals surface area contributed by atoms with Gasteiger partial charge in [0.05, 0.1) is 6.61 Å². The van der Waals surface area contributed by atoms with E-state index in [2.05, 4.69) is 31.3 Å². The van der Waals surface area contributed by atoms with Crippen molar-refractivity contribution in [3.8, 4) is 0 Å². The molecule has 1 atom stereocenters. The molecule has 1 unspecified atom stereocenters. The van der Waals surface area contributed by atoms with Gasteiger partial charge in [0.25, 0.3) is 0 Å². The molecule has 1 aromatic carbocycles. The quantitative estimate of drug-likeness (QED) is 0.828. The van der Waals surface area contributed by atoms with Gasteiger partial charge in [-0.05, 0) is 12.5 Å². The van der Waals surface area contributed by atoms with Gasteiger partial charge in [0, 0.05) is 37.1 Å². The average molecular weight is 261 g/mol. The Morgan fingerprint density at radius 2 is 2.05 bits per heavy atom. The summed E-state index contributed by atoms with van der Waals surface area (Å²) in [4.78, 5) is 0. The summed E-state index contributed by atoms with van der Waals surface area (Å²) in [6, 6.07) is 8.63. The number of benzene rings is 1. The third-order valence-corrected chi connectivity index (χ3v) is 3.53. The third-order valence-electron chi connectivity index (χ3n) is 3.53. The normalized spacial score (nSPS) is 13.0. The predicted molar refractivity (Wildman–Crippen MR) is 78.4 cm³/mol. The summed E-state index contributed by atoms with van der Waals surface area (Å²) in [5, 5.41) is 4.78. The number of ether oxygens (including phenoxy) is 1. The number of aryl methyl sites for hydroxylation is 1. The molecular formula is C16H23NO2. The number of rotatable bonds is 7. The highest BCUT2D eigenvalue weighted by atomic mass is 16.5. The van der Waals surface area contributed by atoms with E-state index in [0.717, 1.165) is 37.3 Å². The monoisotopic (exact) mass is 261 g/mol. The van der Waals surface area contributed by atoms with E-state index in [-0.39, 0.29) is 0 Å². The van der Waals surface area contributed by atoms with E-state index in [0.29, 0.717) is 6.04 Å². The summed E-state index contributed by atoms with van der Waals surface area (Å²) >= 11 is 0. The second kappa shape index (κ2) is 6.73. The summed E-state index contributed by atoms with van der Waals surface area (Å²) in [6.07, 6.45) is 1.98. The van der Waals surface area contributed by atoms with Gasteiger partial charge in [-0.15, -0.1) is 0 Å². The third kappa shape index (κ3) is 3.17. The Balaban J connectivity index is 2.18. The number of hydrogen-bond acceptors (Lipinski definition) is 3. The van der Waals surface area contributed by atoms with Crippen molar-refractivity contribution in [1.82, 2.24) is 5.32 Å². The van der Waals surface area contributed by atoms with Crippen molar-refractivity contribution in [3.05, 3.63) is 35.6 Å². The zero-order valence-corrected chi connectivity index (χ0v) is 12.0. The van der Waals surface area contributed by atoms with Gasteiger partial charge >= 0.3 is 0 Å². The van der Waals surface area contributed by atoms with Crippen molar-refractivity contribution >= 4 is 11.0 Å². The first kappa shape index (κ1) is 14.1. The van der Waals surface area contributed by atoms with Gasteiger partial charge in [0.1, 0.15) is 11.3 Å². The van der Waals surface area contributed by atoms with Crippen molar-refractivity contribution in [1.29, 1.82) is 0 Å². The Morgan fingerprint density at radius 1 is 1.26 bits per heavy atom. The molecule has 0 spiro atoms. The van der Waals surface area contributed by atoms with Gasteiger partial charge < -0.3 is 14.5 Å². The molecule has 19 heavy (non-hydrogen) atoms. The molecule has 0 amide bonds. The smallest absolute Gasteiger partial charge is 0.134 e. The number of nitrogens with one attached hydrogen (secondary N) is 1. The minimum Gasteiger partial charge on any atom is -0.461 e. The van der Waals surface area contributed by atoms with Crippen LogP contribution in [0.2, 0.25) is 0 Å². The maximum Gasteiger partial charge on any atom is 0.134 e. The number of fused-ring (bicyclic) bond motifs is 1. The van der Waals surface area contributed by atoms with E-state index in [1.165, 1.54) is 10.9 Å². The summed E-state index contributed by atoms with van der Waals surface area (Å²) in [7, 11) is 1.75. The van der Waals surface area contributed by atoms with Crippen LogP contribution in [0.4, 0.5) is 0 Å². The molecule has 0 aliphatic rings. The maximum atomic E-state index is 5.90. The molecule has 1 N–H and O–H groups in total. The van der Waals surface area contributed by atoms with E-state index in [9.17, 15) is 0 Å². The van der Waals surface area contributed by atoms with Crippen LogP contribution in [-0.2, 0) is 17.7 Å². The Labute approximate surface area is 114 Å². The molecule has 2 rings (SSSR count). The van der Waals surface area contributed by atoms with Crippen molar-refractivity contribution in [2.75, 3.05) is 13.7 Å². The van der Waals surface area contributed by atoms with E-state index in [1.54, 1.807) is 7.11 Å². The van der Waals surface area contributed by atoms with Gasteiger partial charge in [0.15, 0.2) is 0 Å². The van der Waals surface area contributed by atoms with E-state index in [1.807, 2.05) is 12.1 Å². The molecule has 104 valence electrons. The first-order valence-corrected chi connectivity index (χ1v) is 7.01. The Bertz CT molecular complexity index is 518. The van der Waals surface area contributed by atoms with Crippen LogP contribution < -0.4 is 5.32 Å². The Hall–Kier alpha value is -1.32. The zero-order valence-electron chi connectivity index (χ0n) is 12.0. The highest BCUT2D eigenvalue weighted by Crippen LogP contribution is 2.26. The lowest BCUT2D eigenvalue weighted by molar-refractivity contribution is 0.164. The number of hydrogen-bond donors (Lipinski definition) is 1. The Kier molecular flexibility index (Phi) is 5.00. The fourth-order valence-electron chi connectivity index (χ4n) is 2.40. The van der Waals surface area contributed by atoms with Crippen LogP contribution in [0.25, 0.3) is 11.0 Å². The lowest BCUT2D eigenvalue weighted by Gasteiger charge is -2.15. The van der Waals surface area contributed by atoms with Gasteiger partial charge in [0.2, 0.25) is 0 Å². The fourth-order valence-corrected chi connectivity index (χ4v) is 2.40. The minimum atomic E-state index is 0.392. The molecule has 1 aromatic heterocycles. The summed E-state index contributed by atoms with van der Waals surface area (Å²) < 4.78 is 11.1. The topological polar surface area (TPSA) is 34.4 Å². The molecule has 3 nitrogen and oxygen atoms in total. The highest BCUT2D eigenvalue weighted by molar-refractivity contribution is 5.82. The Morgan fingerprint density at radius 3 is 2.74 bits per heavy atom. The van der Waals surface area contributed by atoms with E-state index < -0.39 is 0 Å². The highest BCUT2D eigenvalue weighted by Gasteiger charge is 2.13. The van der Waals surface area contributed by atoms with Crippen LogP contribution in [0.15, 0.2) is 28.7 Å². The van der Waals surface area contributed by atoms with Crippen molar-refractivity contribution in [3.63, 3.8) is 0 Å². The van der Waals surface area contributed by atoms with E-state index >= 15 is 0 Å². The molecule has 0 aliphatic heterocycles. The minimum absolute atomic E-state index is 0.392. The zero-order chi connectivity index (χ0) is 13.7. The summed E-state index contributed by atoms with van der Waals surface area (Å²) in [5.41, 5.74) is 2.27. The molecule has 0 radical (unpaired) electrons. The number of methoxy groups -OCH3 is 1. The van der Waals surface area contributed by atoms with Crippen LogP contribution >= 0.6 is 0 Å². The lowest BCUT2D eigenvalue weighted by Crippen LogP contribution is -2.32. The van der Waals surface area contributed by atoms with Crippen LogP contribution in [0.5, 0.6) is 0 Å². The second-order valence-corrected chi connectivity index (χ2v) is 4.79. The van der Waals surface area contributed by atoms with Crippen LogP contribution in [0.3, 0.4) is 0 Å². The average Bonchev–Trinajstić information content (AvgIpc) is 2.81. The molecule has 0 bridgehead atoms. The predicted octanol–water partition coefficient (Wildman–Crippen LogP) is 3.51. The van der Waals surface area contributed by atoms with Gasteiger partial charge in [-0.3, -0.25) is 0 Å². The van der Waals surface area contributed by atoms with Crippen LogP contribution in [0, 0.1) is 0 Å². The van der Waals surface area contributed by atoms with E-state index in [4.69, 9.17) is 9.15 Å². The summed E-state index contributed by atoms with van der Waals surface area (Å²) in [6.45, 7) is 5.88. The second-order valence-electron chi connectivity index (χ2n) is 4.79. The SMILES string of the molecule is CCc1oc2ccccc2c1CNC(CC)COC. The van der Waals surface area contributed by atoms with Gasteiger partial charge in [-0.2, -0.15) is 0 Å². The van der Waals surface area contributed by atoms with Crippen molar-refractivity contribution in [2.24, 2.45) is 0 Å². The molecule has 0 saturated heterocycles.